The van der Waals surface area contributed by atoms with Gasteiger partial charge in [0.2, 0.25) is 0 Å². The van der Waals surface area contributed by atoms with Gasteiger partial charge in [0, 0.05) is 31.0 Å². The number of aryl methyl sites for hydroxylation is 1. The van der Waals surface area contributed by atoms with Gasteiger partial charge < -0.3 is 9.47 Å². The Bertz CT molecular complexity index is 1560. The zero-order valence-electron chi connectivity index (χ0n) is 20.3. The van der Waals surface area contributed by atoms with Crippen LogP contribution in [-0.4, -0.2) is 23.0 Å². The molecule has 190 valence electrons. The van der Waals surface area contributed by atoms with Gasteiger partial charge in [0.1, 0.15) is 12.4 Å². The van der Waals surface area contributed by atoms with Crippen LogP contribution in [0.15, 0.2) is 84.5 Å². The molecule has 1 heterocycles. The van der Waals surface area contributed by atoms with Gasteiger partial charge in [-0.25, -0.2) is 4.98 Å². The summed E-state index contributed by atoms with van der Waals surface area (Å²) in [5.74, 6) is 1.78. The summed E-state index contributed by atoms with van der Waals surface area (Å²) < 4.78 is 16.0. The average molecular weight is 690 g/mol. The molecule has 0 saturated carbocycles. The van der Waals surface area contributed by atoms with E-state index in [0.29, 0.717) is 47.7 Å². The molecule has 0 atom stereocenters. The summed E-state index contributed by atoms with van der Waals surface area (Å²) in [4.78, 5) is 17.9. The number of fused-ring (bicyclic) bond motifs is 1. The first kappa shape index (κ1) is 27.3. The van der Waals surface area contributed by atoms with E-state index >= 15 is 0 Å². The minimum atomic E-state index is -0.224. The van der Waals surface area contributed by atoms with Crippen LogP contribution in [0.4, 0.5) is 0 Å². The number of halogens is 3. The summed E-state index contributed by atoms with van der Waals surface area (Å²) in [7, 11) is 1.60. The van der Waals surface area contributed by atoms with Gasteiger partial charge in [-0.05, 0) is 54.4 Å². The van der Waals surface area contributed by atoms with E-state index in [1.807, 2.05) is 55.5 Å². The highest BCUT2D eigenvalue weighted by Crippen LogP contribution is 2.34. The summed E-state index contributed by atoms with van der Waals surface area (Å²) in [6.07, 6.45) is 4.57. The topological polar surface area (TPSA) is 65.7 Å². The summed E-state index contributed by atoms with van der Waals surface area (Å²) >= 11 is 10.5. The summed E-state index contributed by atoms with van der Waals surface area (Å²) in [5, 5.41) is 5.01. The predicted octanol–water partition coefficient (Wildman–Crippen LogP) is 7.44. The fraction of sp³-hybridized carbons (Fsp3) is 0.179. The Morgan fingerprint density at radius 3 is 2.51 bits per heavy atom. The van der Waals surface area contributed by atoms with Gasteiger partial charge in [0.15, 0.2) is 11.5 Å². The molecule has 0 spiro atoms. The van der Waals surface area contributed by atoms with E-state index < -0.39 is 0 Å². The van der Waals surface area contributed by atoms with E-state index in [9.17, 15) is 4.79 Å². The van der Waals surface area contributed by atoms with Crippen molar-refractivity contribution in [1.29, 1.82) is 0 Å². The second-order valence-corrected chi connectivity index (χ2v) is 10.8. The molecule has 0 bridgehead atoms. The SMILES string of the molecule is C=CCc1cc(C=Nn2c(CC)nc3ccc(Br)cc3c2=O)cc(OC)c1OCc1ccc(Br)cc1Br. The number of hydrogen-bond donors (Lipinski definition) is 0. The molecule has 0 saturated heterocycles. The lowest BCUT2D eigenvalue weighted by atomic mass is 10.1. The Labute approximate surface area is 240 Å². The first-order chi connectivity index (χ1) is 17.8. The minimum Gasteiger partial charge on any atom is -0.493 e. The van der Waals surface area contributed by atoms with Crippen molar-refractivity contribution in [3.63, 3.8) is 0 Å². The van der Waals surface area contributed by atoms with Gasteiger partial charge in [-0.2, -0.15) is 9.78 Å². The van der Waals surface area contributed by atoms with E-state index in [-0.39, 0.29) is 5.56 Å². The lowest BCUT2D eigenvalue weighted by Crippen LogP contribution is -2.22. The molecule has 0 aliphatic rings. The second kappa shape index (κ2) is 12.2. The molecule has 0 N–H and O–H groups in total. The van der Waals surface area contributed by atoms with Gasteiger partial charge in [-0.3, -0.25) is 4.79 Å². The van der Waals surface area contributed by atoms with Crippen LogP contribution in [0.25, 0.3) is 10.9 Å². The minimum absolute atomic E-state index is 0.224. The van der Waals surface area contributed by atoms with Gasteiger partial charge in [-0.15, -0.1) is 6.58 Å². The molecule has 3 aromatic carbocycles. The molecule has 4 rings (SSSR count). The highest BCUT2D eigenvalue weighted by atomic mass is 79.9. The number of aromatic nitrogens is 2. The first-order valence-corrected chi connectivity index (χ1v) is 13.9. The van der Waals surface area contributed by atoms with Gasteiger partial charge in [0.25, 0.3) is 5.56 Å². The normalized spacial score (nSPS) is 11.3. The van der Waals surface area contributed by atoms with Crippen LogP contribution >= 0.6 is 47.8 Å². The molecule has 1 aromatic heterocycles. The van der Waals surface area contributed by atoms with Crippen molar-refractivity contribution in [3.05, 3.63) is 107 Å². The van der Waals surface area contributed by atoms with Crippen LogP contribution < -0.4 is 15.0 Å². The molecule has 0 radical (unpaired) electrons. The third-order valence-electron chi connectivity index (χ3n) is 5.64. The molecule has 9 heteroatoms. The van der Waals surface area contributed by atoms with Crippen LogP contribution in [0.2, 0.25) is 0 Å². The van der Waals surface area contributed by atoms with Crippen LogP contribution in [0.3, 0.4) is 0 Å². The van der Waals surface area contributed by atoms with E-state index in [4.69, 9.17) is 9.47 Å². The molecular weight excluding hydrogens is 666 g/mol. The fourth-order valence-electron chi connectivity index (χ4n) is 3.84. The molecular formula is C28H24Br3N3O3. The van der Waals surface area contributed by atoms with Crippen LogP contribution in [-0.2, 0) is 19.4 Å². The summed E-state index contributed by atoms with van der Waals surface area (Å²) in [6, 6.07) is 15.2. The molecule has 0 fully saturated rings. The molecule has 0 unspecified atom stereocenters. The number of allylic oxidation sites excluding steroid dienone is 1. The van der Waals surface area contributed by atoms with Crippen LogP contribution in [0.5, 0.6) is 11.5 Å². The third kappa shape index (κ3) is 6.22. The Morgan fingerprint density at radius 1 is 1.05 bits per heavy atom. The van der Waals surface area contributed by atoms with Crippen molar-refractivity contribution in [3.8, 4) is 11.5 Å². The Morgan fingerprint density at radius 2 is 1.81 bits per heavy atom. The largest absolute Gasteiger partial charge is 0.493 e. The lowest BCUT2D eigenvalue weighted by molar-refractivity contribution is 0.281. The predicted molar refractivity (Wildman–Crippen MR) is 159 cm³/mol. The number of rotatable bonds is 9. The second-order valence-electron chi connectivity index (χ2n) is 8.13. The zero-order chi connectivity index (χ0) is 26.5. The van der Waals surface area contributed by atoms with Crippen molar-refractivity contribution in [2.24, 2.45) is 5.10 Å². The van der Waals surface area contributed by atoms with Crippen molar-refractivity contribution >= 4 is 64.9 Å². The quantitative estimate of drug-likeness (QED) is 0.135. The van der Waals surface area contributed by atoms with E-state index in [0.717, 1.165) is 30.1 Å². The molecule has 0 aliphatic carbocycles. The lowest BCUT2D eigenvalue weighted by Gasteiger charge is -2.16. The zero-order valence-corrected chi connectivity index (χ0v) is 25.1. The maximum absolute atomic E-state index is 13.2. The van der Waals surface area contributed by atoms with Crippen LogP contribution in [0.1, 0.15) is 29.4 Å². The highest BCUT2D eigenvalue weighted by molar-refractivity contribution is 9.11. The van der Waals surface area contributed by atoms with Crippen molar-refractivity contribution in [2.45, 2.75) is 26.4 Å². The van der Waals surface area contributed by atoms with E-state index in [1.165, 1.54) is 4.68 Å². The highest BCUT2D eigenvalue weighted by Gasteiger charge is 2.14. The van der Waals surface area contributed by atoms with Crippen molar-refractivity contribution < 1.29 is 9.47 Å². The van der Waals surface area contributed by atoms with E-state index in [1.54, 1.807) is 19.4 Å². The molecule has 6 nitrogen and oxygen atoms in total. The molecule has 0 amide bonds. The average Bonchev–Trinajstić information content (AvgIpc) is 2.88. The maximum atomic E-state index is 13.2. The molecule has 4 aromatic rings. The standard InChI is InChI=1S/C28H24Br3N3O3/c1-4-6-18-11-17(12-25(36-3)27(18)37-16-19-7-8-21(30)14-23(19)31)15-32-34-26(5-2)33-24-10-9-20(29)13-22(24)28(34)35/h4,7-15H,1,5-6,16H2,2-3H3. The Hall–Kier alpha value is -2.75. The number of benzene rings is 3. The molecule has 37 heavy (non-hydrogen) atoms. The van der Waals surface area contributed by atoms with Crippen molar-refractivity contribution in [1.82, 2.24) is 9.66 Å². The van der Waals surface area contributed by atoms with Gasteiger partial charge in [-0.1, -0.05) is 66.9 Å². The fourth-order valence-corrected chi connectivity index (χ4v) is 5.36. The number of nitrogens with zero attached hydrogens (tertiary/aromatic N) is 3. The maximum Gasteiger partial charge on any atom is 0.282 e. The van der Waals surface area contributed by atoms with E-state index in [2.05, 4.69) is 64.5 Å². The summed E-state index contributed by atoms with van der Waals surface area (Å²) in [5.41, 5.74) is 3.08. The molecule has 0 aliphatic heterocycles. The van der Waals surface area contributed by atoms with Gasteiger partial charge >= 0.3 is 0 Å². The third-order valence-corrected chi connectivity index (χ3v) is 7.36. The number of hydrogen-bond acceptors (Lipinski definition) is 5. The first-order valence-electron chi connectivity index (χ1n) is 11.5. The number of ether oxygens (including phenoxy) is 2. The summed E-state index contributed by atoms with van der Waals surface area (Å²) in [6.45, 7) is 6.19. The van der Waals surface area contributed by atoms with Gasteiger partial charge in [0.05, 0.1) is 24.2 Å². The van der Waals surface area contributed by atoms with Crippen molar-refractivity contribution in [2.75, 3.05) is 7.11 Å². The van der Waals surface area contributed by atoms with Crippen LogP contribution in [0, 0.1) is 0 Å². The smallest absolute Gasteiger partial charge is 0.282 e. The monoisotopic (exact) mass is 687 g/mol. The number of methoxy groups -OCH3 is 1. The Kier molecular flexibility index (Phi) is 9.00. The Balaban J connectivity index is 1.71.